The molecule has 2 aromatic heterocycles. The molecule has 138 valence electrons. The fourth-order valence-electron chi connectivity index (χ4n) is 2.54. The zero-order valence-corrected chi connectivity index (χ0v) is 15.8. The van der Waals surface area contributed by atoms with E-state index in [1.54, 1.807) is 6.07 Å². The Morgan fingerprint density at radius 1 is 1.07 bits per heavy atom. The number of anilines is 1. The maximum absolute atomic E-state index is 12.8. The molecule has 0 fully saturated rings. The Morgan fingerprint density at radius 3 is 2.56 bits per heavy atom. The molecule has 9 heteroatoms. The topological polar surface area (TPSA) is 122 Å². The molecule has 0 bridgehead atoms. The van der Waals surface area contributed by atoms with Crippen LogP contribution in [-0.2, 0) is 4.79 Å². The molecule has 0 aliphatic carbocycles. The summed E-state index contributed by atoms with van der Waals surface area (Å²) in [5.41, 5.74) is 11.0. The van der Waals surface area contributed by atoms with Gasteiger partial charge < -0.3 is 5.73 Å². The minimum atomic E-state index is -0.875. The third-order valence-electron chi connectivity index (χ3n) is 3.60. The van der Waals surface area contributed by atoms with Crippen molar-refractivity contribution in [3.8, 4) is 0 Å². The molecule has 0 atom stereocenters. The summed E-state index contributed by atoms with van der Waals surface area (Å²) in [5.74, 6) is -0.544. The van der Waals surface area contributed by atoms with Crippen LogP contribution < -0.4 is 16.5 Å². The number of nitrogens with two attached hydrogens (primary N) is 1. The Labute approximate surface area is 159 Å². The zero-order chi connectivity index (χ0) is 19.6. The SMILES string of the molecule is Cc1cc(C)nc(/C(=N\NC(N)=O)C(=O)Nc2nc3ccc(C)cc3s2)c1. The van der Waals surface area contributed by atoms with Gasteiger partial charge >= 0.3 is 6.03 Å². The summed E-state index contributed by atoms with van der Waals surface area (Å²) in [5, 5.41) is 6.98. The highest BCUT2D eigenvalue weighted by atomic mass is 32.1. The van der Waals surface area contributed by atoms with Crippen LogP contribution in [-0.4, -0.2) is 27.6 Å². The van der Waals surface area contributed by atoms with Crippen LogP contribution in [0.3, 0.4) is 0 Å². The van der Waals surface area contributed by atoms with Crippen molar-refractivity contribution >= 4 is 44.3 Å². The van der Waals surface area contributed by atoms with Gasteiger partial charge in [-0.15, -0.1) is 0 Å². The molecular weight excluding hydrogens is 364 g/mol. The number of benzene rings is 1. The Balaban J connectivity index is 1.94. The standard InChI is InChI=1S/C18H18N6O2S/c1-9-4-5-12-14(8-9)27-18(21-12)22-16(25)15(23-24-17(19)26)13-7-10(2)6-11(3)20-13/h4-8H,1-3H3,(H3,19,24,26)(H,21,22,25)/b23-15+. The van der Waals surface area contributed by atoms with Crippen molar-refractivity contribution in [2.45, 2.75) is 20.8 Å². The highest BCUT2D eigenvalue weighted by Crippen LogP contribution is 2.26. The van der Waals surface area contributed by atoms with Crippen molar-refractivity contribution in [1.82, 2.24) is 15.4 Å². The summed E-state index contributed by atoms with van der Waals surface area (Å²) in [6.07, 6.45) is 0. The van der Waals surface area contributed by atoms with E-state index in [1.807, 2.05) is 45.0 Å². The van der Waals surface area contributed by atoms with Crippen molar-refractivity contribution in [2.75, 3.05) is 5.32 Å². The molecule has 0 saturated heterocycles. The first-order chi connectivity index (χ1) is 12.8. The fourth-order valence-corrected chi connectivity index (χ4v) is 3.50. The third-order valence-corrected chi connectivity index (χ3v) is 4.53. The minimum Gasteiger partial charge on any atom is -0.350 e. The number of aryl methyl sites for hydroxylation is 3. The van der Waals surface area contributed by atoms with E-state index in [-0.39, 0.29) is 5.71 Å². The lowest BCUT2D eigenvalue weighted by Gasteiger charge is -2.07. The number of carbonyl (C=O) groups is 2. The number of nitrogens with zero attached hydrogens (tertiary/aromatic N) is 3. The number of carbonyl (C=O) groups excluding carboxylic acids is 2. The first-order valence-corrected chi connectivity index (χ1v) is 8.91. The van der Waals surface area contributed by atoms with Crippen LogP contribution in [0.4, 0.5) is 9.93 Å². The third kappa shape index (κ3) is 4.45. The van der Waals surface area contributed by atoms with E-state index in [0.717, 1.165) is 27.0 Å². The molecule has 3 aromatic rings. The number of thiazole rings is 1. The lowest BCUT2D eigenvalue weighted by atomic mass is 10.1. The predicted molar refractivity (Wildman–Crippen MR) is 106 cm³/mol. The van der Waals surface area contributed by atoms with Crippen molar-refractivity contribution in [2.24, 2.45) is 10.8 Å². The van der Waals surface area contributed by atoms with E-state index in [2.05, 4.69) is 25.8 Å². The molecule has 0 aliphatic heterocycles. The van der Waals surface area contributed by atoms with Gasteiger partial charge in [0.05, 0.1) is 15.9 Å². The Hall–Kier alpha value is -3.33. The van der Waals surface area contributed by atoms with Gasteiger partial charge in [-0.3, -0.25) is 15.1 Å². The predicted octanol–water partition coefficient (Wildman–Crippen LogP) is 2.63. The first kappa shape index (κ1) is 18.5. The quantitative estimate of drug-likeness (QED) is 0.474. The van der Waals surface area contributed by atoms with Crippen LogP contribution in [0.5, 0.6) is 0 Å². The Morgan fingerprint density at radius 2 is 1.85 bits per heavy atom. The number of nitrogens with one attached hydrogen (secondary N) is 2. The van der Waals surface area contributed by atoms with Crippen LogP contribution in [0.1, 0.15) is 22.5 Å². The average molecular weight is 382 g/mol. The Bertz CT molecular complexity index is 1050. The largest absolute Gasteiger partial charge is 0.350 e. The van der Waals surface area contributed by atoms with Crippen molar-refractivity contribution in [3.05, 3.63) is 52.8 Å². The molecule has 2 heterocycles. The smallest absolute Gasteiger partial charge is 0.332 e. The first-order valence-electron chi connectivity index (χ1n) is 8.09. The second-order valence-electron chi connectivity index (χ2n) is 6.05. The number of rotatable bonds is 4. The highest BCUT2D eigenvalue weighted by molar-refractivity contribution is 7.22. The normalized spacial score (nSPS) is 11.4. The number of aromatic nitrogens is 2. The van der Waals surface area contributed by atoms with E-state index in [9.17, 15) is 9.59 Å². The number of hydrazone groups is 1. The zero-order valence-electron chi connectivity index (χ0n) is 15.0. The Kier molecular flexibility index (Phi) is 5.13. The maximum Gasteiger partial charge on any atom is 0.332 e. The van der Waals surface area contributed by atoms with E-state index in [1.165, 1.54) is 11.3 Å². The van der Waals surface area contributed by atoms with Gasteiger partial charge in [-0.05, 0) is 56.2 Å². The van der Waals surface area contributed by atoms with Gasteiger partial charge in [0.25, 0.3) is 5.91 Å². The van der Waals surface area contributed by atoms with Gasteiger partial charge in [-0.25, -0.2) is 15.2 Å². The summed E-state index contributed by atoms with van der Waals surface area (Å²) >= 11 is 1.35. The summed E-state index contributed by atoms with van der Waals surface area (Å²) in [6, 6.07) is 8.55. The second kappa shape index (κ2) is 7.50. The number of hydrogen-bond donors (Lipinski definition) is 3. The van der Waals surface area contributed by atoms with Gasteiger partial charge in [0.1, 0.15) is 0 Å². The number of amides is 3. The number of pyridine rings is 1. The van der Waals surface area contributed by atoms with Gasteiger partial charge in [0.15, 0.2) is 10.8 Å². The summed E-state index contributed by atoms with van der Waals surface area (Å²) < 4.78 is 0.962. The second-order valence-corrected chi connectivity index (χ2v) is 7.08. The molecular formula is C18H18N6O2S. The van der Waals surface area contributed by atoms with Crippen molar-refractivity contribution in [3.63, 3.8) is 0 Å². The van der Waals surface area contributed by atoms with Gasteiger partial charge in [0, 0.05) is 5.69 Å². The number of hydrogen-bond acceptors (Lipinski definition) is 6. The highest BCUT2D eigenvalue weighted by Gasteiger charge is 2.19. The molecule has 3 amide bonds. The van der Waals surface area contributed by atoms with Crippen LogP contribution >= 0.6 is 11.3 Å². The van der Waals surface area contributed by atoms with Gasteiger partial charge in [-0.1, -0.05) is 17.4 Å². The van der Waals surface area contributed by atoms with E-state index < -0.39 is 11.9 Å². The summed E-state index contributed by atoms with van der Waals surface area (Å²) in [6.45, 7) is 5.68. The van der Waals surface area contributed by atoms with Crippen molar-refractivity contribution < 1.29 is 9.59 Å². The molecule has 3 rings (SSSR count). The van der Waals surface area contributed by atoms with Crippen LogP contribution in [0, 0.1) is 20.8 Å². The van der Waals surface area contributed by atoms with Crippen molar-refractivity contribution in [1.29, 1.82) is 0 Å². The molecule has 8 nitrogen and oxygen atoms in total. The number of fused-ring (bicyclic) bond motifs is 1. The maximum atomic E-state index is 12.8. The lowest BCUT2D eigenvalue weighted by Crippen LogP contribution is -2.31. The number of urea groups is 1. The van der Waals surface area contributed by atoms with E-state index >= 15 is 0 Å². The van der Waals surface area contributed by atoms with Gasteiger partial charge in [-0.2, -0.15) is 5.10 Å². The van der Waals surface area contributed by atoms with E-state index in [4.69, 9.17) is 5.73 Å². The lowest BCUT2D eigenvalue weighted by molar-refractivity contribution is -0.110. The average Bonchev–Trinajstić information content (AvgIpc) is 2.95. The van der Waals surface area contributed by atoms with E-state index in [0.29, 0.717) is 10.8 Å². The minimum absolute atomic E-state index is 0.0592. The molecule has 4 N–H and O–H groups in total. The number of primary amides is 1. The van der Waals surface area contributed by atoms with Crippen LogP contribution in [0.25, 0.3) is 10.2 Å². The molecule has 0 spiro atoms. The van der Waals surface area contributed by atoms with Gasteiger partial charge in [0.2, 0.25) is 0 Å². The molecule has 0 aliphatic rings. The summed E-state index contributed by atoms with van der Waals surface area (Å²) in [4.78, 5) is 32.6. The molecule has 1 aromatic carbocycles. The molecule has 0 unspecified atom stereocenters. The molecule has 27 heavy (non-hydrogen) atoms. The fraction of sp³-hybridized carbons (Fsp3) is 0.167. The molecule has 0 saturated carbocycles. The summed E-state index contributed by atoms with van der Waals surface area (Å²) in [7, 11) is 0. The monoisotopic (exact) mass is 382 g/mol. The molecule has 0 radical (unpaired) electrons. The van der Waals surface area contributed by atoms with Crippen LogP contribution in [0.15, 0.2) is 35.4 Å². The van der Waals surface area contributed by atoms with Crippen LogP contribution in [0.2, 0.25) is 0 Å².